The number of nitrogens with two attached hydrogens (primary N) is 1. The van der Waals surface area contributed by atoms with Gasteiger partial charge in [-0.3, -0.25) is 0 Å². The van der Waals surface area contributed by atoms with Crippen molar-refractivity contribution in [2.45, 2.75) is 15.0 Å². The van der Waals surface area contributed by atoms with Crippen molar-refractivity contribution in [3.05, 3.63) is 53.1 Å². The first-order valence-corrected chi connectivity index (χ1v) is 8.92. The minimum atomic E-state index is -3.21. The second-order valence-corrected chi connectivity index (χ2v) is 8.21. The van der Waals surface area contributed by atoms with Crippen molar-refractivity contribution in [1.29, 1.82) is 0 Å². The van der Waals surface area contributed by atoms with Crippen molar-refractivity contribution in [2.75, 3.05) is 11.5 Å². The Kier molecular flexibility index (Phi) is 3.44. The summed E-state index contributed by atoms with van der Waals surface area (Å²) in [5, 5.41) is 0.384. The molecular formula is C14H12ClNO2S2. The van der Waals surface area contributed by atoms with Gasteiger partial charge in [0.05, 0.1) is 20.9 Å². The van der Waals surface area contributed by atoms with Crippen molar-refractivity contribution in [3.8, 4) is 0 Å². The number of sulfone groups is 1. The average molecular weight is 326 g/mol. The van der Waals surface area contributed by atoms with E-state index in [1.165, 1.54) is 11.8 Å². The van der Waals surface area contributed by atoms with Gasteiger partial charge >= 0.3 is 0 Å². The number of fused-ring (bicyclic) bond motifs is 1. The molecule has 0 bridgehead atoms. The highest BCUT2D eigenvalue weighted by Gasteiger charge is 2.35. The van der Waals surface area contributed by atoms with E-state index < -0.39 is 9.84 Å². The highest BCUT2D eigenvalue weighted by atomic mass is 35.5. The Hall–Kier alpha value is -1.17. The number of hydrogen-bond donors (Lipinski definition) is 1. The maximum absolute atomic E-state index is 12.1. The lowest BCUT2D eigenvalue weighted by molar-refractivity contribution is 0.600. The lowest BCUT2D eigenvalue weighted by atomic mass is 10.2. The fourth-order valence-corrected chi connectivity index (χ4v) is 6.11. The standard InChI is InChI=1S/C14H12ClNO2S2/c15-10-5-3-6-11(16)14(10)19-12-8-20(17,18)13-7-2-1-4-9(12)13/h1-7,12H,8,16H2. The van der Waals surface area contributed by atoms with Gasteiger partial charge in [-0.25, -0.2) is 8.42 Å². The van der Waals surface area contributed by atoms with Crippen LogP contribution in [0, 0.1) is 0 Å². The number of halogens is 1. The molecule has 0 aliphatic carbocycles. The molecule has 1 heterocycles. The first kappa shape index (κ1) is 13.8. The Morgan fingerprint density at radius 3 is 2.65 bits per heavy atom. The molecule has 0 saturated heterocycles. The van der Waals surface area contributed by atoms with E-state index in [0.29, 0.717) is 15.6 Å². The molecule has 2 N–H and O–H groups in total. The van der Waals surface area contributed by atoms with Crippen molar-refractivity contribution < 1.29 is 8.42 Å². The van der Waals surface area contributed by atoms with E-state index in [1.54, 1.807) is 30.3 Å². The quantitative estimate of drug-likeness (QED) is 0.858. The summed E-state index contributed by atoms with van der Waals surface area (Å²) < 4.78 is 24.3. The highest BCUT2D eigenvalue weighted by Crippen LogP contribution is 2.48. The van der Waals surface area contributed by atoms with Crippen LogP contribution < -0.4 is 5.73 Å². The summed E-state index contributed by atoms with van der Waals surface area (Å²) in [6.45, 7) is 0. The fraction of sp³-hybridized carbons (Fsp3) is 0.143. The molecule has 0 amide bonds. The predicted molar refractivity (Wildman–Crippen MR) is 83.0 cm³/mol. The van der Waals surface area contributed by atoms with Crippen LogP contribution in [-0.4, -0.2) is 14.2 Å². The second-order valence-electron chi connectivity index (χ2n) is 4.58. The zero-order chi connectivity index (χ0) is 14.3. The predicted octanol–water partition coefficient (Wildman–Crippen LogP) is 3.54. The van der Waals surface area contributed by atoms with Crippen molar-refractivity contribution in [3.63, 3.8) is 0 Å². The van der Waals surface area contributed by atoms with Crippen molar-refractivity contribution in [2.24, 2.45) is 0 Å². The summed E-state index contributed by atoms with van der Waals surface area (Å²) >= 11 is 7.57. The summed E-state index contributed by atoms with van der Waals surface area (Å²) in [6.07, 6.45) is 0. The lowest BCUT2D eigenvalue weighted by Crippen LogP contribution is -2.01. The number of anilines is 1. The van der Waals surface area contributed by atoms with Crippen LogP contribution in [0.1, 0.15) is 10.8 Å². The van der Waals surface area contributed by atoms with Gasteiger partial charge in [0, 0.05) is 10.6 Å². The van der Waals surface area contributed by atoms with Crippen LogP contribution in [0.3, 0.4) is 0 Å². The minimum absolute atomic E-state index is 0.0850. The number of benzene rings is 2. The van der Waals surface area contributed by atoms with E-state index in [-0.39, 0.29) is 11.0 Å². The lowest BCUT2D eigenvalue weighted by Gasteiger charge is -2.13. The summed E-state index contributed by atoms with van der Waals surface area (Å²) in [7, 11) is -3.21. The Morgan fingerprint density at radius 1 is 1.15 bits per heavy atom. The molecule has 2 aromatic rings. The molecule has 20 heavy (non-hydrogen) atoms. The molecule has 0 spiro atoms. The number of thioether (sulfide) groups is 1. The monoisotopic (exact) mass is 325 g/mol. The van der Waals surface area contributed by atoms with Crippen LogP contribution >= 0.6 is 23.4 Å². The summed E-state index contributed by atoms with van der Waals surface area (Å²) in [4.78, 5) is 1.16. The Morgan fingerprint density at radius 2 is 1.90 bits per heavy atom. The normalized spacial score (nSPS) is 19.8. The van der Waals surface area contributed by atoms with Gasteiger partial charge in [0.15, 0.2) is 9.84 Å². The van der Waals surface area contributed by atoms with E-state index in [9.17, 15) is 8.42 Å². The number of nitrogen functional groups attached to an aromatic ring is 1. The zero-order valence-corrected chi connectivity index (χ0v) is 12.8. The molecule has 3 rings (SSSR count). The summed E-state index contributed by atoms with van der Waals surface area (Å²) in [6, 6.07) is 12.4. The second kappa shape index (κ2) is 4.98. The van der Waals surface area contributed by atoms with Gasteiger partial charge in [0.1, 0.15) is 0 Å². The molecule has 1 aliphatic rings. The van der Waals surface area contributed by atoms with E-state index in [1.807, 2.05) is 12.1 Å². The molecular weight excluding hydrogens is 314 g/mol. The van der Waals surface area contributed by atoms with Gasteiger partial charge in [-0.05, 0) is 23.8 Å². The third kappa shape index (κ3) is 2.30. The summed E-state index contributed by atoms with van der Waals surface area (Å²) in [5.41, 5.74) is 7.34. The zero-order valence-electron chi connectivity index (χ0n) is 10.4. The van der Waals surface area contributed by atoms with E-state index in [2.05, 4.69) is 0 Å². The molecule has 0 aromatic heterocycles. The highest BCUT2D eigenvalue weighted by molar-refractivity contribution is 8.01. The van der Waals surface area contributed by atoms with Crippen LogP contribution in [0.2, 0.25) is 5.02 Å². The molecule has 0 radical (unpaired) electrons. The third-order valence-electron chi connectivity index (χ3n) is 3.23. The Labute approximate surface area is 127 Å². The van der Waals surface area contributed by atoms with Crippen molar-refractivity contribution >= 4 is 38.9 Å². The fourth-order valence-electron chi connectivity index (χ4n) is 2.30. The first-order valence-electron chi connectivity index (χ1n) is 6.01. The van der Waals surface area contributed by atoms with Crippen LogP contribution in [0.25, 0.3) is 0 Å². The topological polar surface area (TPSA) is 60.2 Å². The van der Waals surface area contributed by atoms with Crippen molar-refractivity contribution in [1.82, 2.24) is 0 Å². The average Bonchev–Trinajstić information content (AvgIpc) is 2.66. The molecule has 1 unspecified atom stereocenters. The van der Waals surface area contributed by atoms with Gasteiger partial charge in [0.2, 0.25) is 0 Å². The maximum Gasteiger partial charge on any atom is 0.180 e. The number of hydrogen-bond acceptors (Lipinski definition) is 4. The van der Waals surface area contributed by atoms with E-state index in [0.717, 1.165) is 10.5 Å². The summed E-state index contributed by atoms with van der Waals surface area (Å²) in [5.74, 6) is 0.0850. The molecule has 104 valence electrons. The first-order chi connectivity index (χ1) is 9.49. The number of rotatable bonds is 2. The Balaban J connectivity index is 2.02. The van der Waals surface area contributed by atoms with E-state index in [4.69, 9.17) is 17.3 Å². The van der Waals surface area contributed by atoms with Crippen LogP contribution in [0.15, 0.2) is 52.3 Å². The molecule has 1 atom stereocenters. The van der Waals surface area contributed by atoms with Gasteiger partial charge in [-0.1, -0.05) is 35.9 Å². The van der Waals surface area contributed by atoms with E-state index >= 15 is 0 Å². The van der Waals surface area contributed by atoms with Crippen LogP contribution in [0.5, 0.6) is 0 Å². The van der Waals surface area contributed by atoms with Gasteiger partial charge < -0.3 is 5.73 Å². The largest absolute Gasteiger partial charge is 0.398 e. The molecule has 3 nitrogen and oxygen atoms in total. The molecule has 1 aliphatic heterocycles. The van der Waals surface area contributed by atoms with Gasteiger partial charge in [-0.2, -0.15) is 0 Å². The molecule has 2 aromatic carbocycles. The Bertz CT molecular complexity index is 754. The molecule has 0 saturated carbocycles. The minimum Gasteiger partial charge on any atom is -0.398 e. The van der Waals surface area contributed by atoms with Crippen LogP contribution in [0.4, 0.5) is 5.69 Å². The molecule has 6 heteroatoms. The van der Waals surface area contributed by atoms with Crippen LogP contribution in [-0.2, 0) is 9.84 Å². The maximum atomic E-state index is 12.1. The SMILES string of the molecule is Nc1cccc(Cl)c1SC1CS(=O)(=O)c2ccccc21. The smallest absolute Gasteiger partial charge is 0.180 e. The van der Waals surface area contributed by atoms with Gasteiger partial charge in [-0.15, -0.1) is 11.8 Å². The van der Waals surface area contributed by atoms with Gasteiger partial charge in [0.25, 0.3) is 0 Å². The molecule has 0 fully saturated rings. The third-order valence-corrected chi connectivity index (χ3v) is 7.08.